The van der Waals surface area contributed by atoms with Crippen LogP contribution in [0.4, 0.5) is 0 Å². The Hall–Kier alpha value is -1.00. The van der Waals surface area contributed by atoms with Gasteiger partial charge in [-0.15, -0.1) is 11.8 Å². The molecule has 0 saturated carbocycles. The number of nitrogens with zero attached hydrogens (tertiary/aromatic N) is 1. The second kappa shape index (κ2) is 5.55. The topological polar surface area (TPSA) is 32.3 Å². The summed E-state index contributed by atoms with van der Waals surface area (Å²) in [6.07, 6.45) is 3.28. The Labute approximate surface area is 118 Å². The SMILES string of the molecule is CNC(=O)C1CCCN1CC1Cc2ccccc2S1. The first-order valence-corrected chi connectivity index (χ1v) is 7.86. The number of hydrogen-bond donors (Lipinski definition) is 1. The maximum Gasteiger partial charge on any atom is 0.237 e. The number of carbonyl (C=O) groups is 1. The van der Waals surface area contributed by atoms with Crippen molar-refractivity contribution < 1.29 is 4.79 Å². The first-order chi connectivity index (χ1) is 9.28. The van der Waals surface area contributed by atoms with Gasteiger partial charge in [0, 0.05) is 23.7 Å². The second-order valence-electron chi connectivity index (χ2n) is 5.32. The van der Waals surface area contributed by atoms with Crippen LogP contribution in [-0.4, -0.2) is 42.2 Å². The standard InChI is InChI=1S/C15H20N2OS/c1-16-15(18)13-6-4-8-17(13)10-12-9-11-5-2-3-7-14(11)19-12/h2-3,5,7,12-13H,4,6,8-10H2,1H3,(H,16,18). The van der Waals surface area contributed by atoms with E-state index in [0.717, 1.165) is 32.4 Å². The van der Waals surface area contributed by atoms with Crippen molar-refractivity contribution in [3.63, 3.8) is 0 Å². The number of fused-ring (bicyclic) bond motifs is 1. The molecule has 0 aliphatic carbocycles. The number of thioether (sulfide) groups is 1. The molecule has 1 aromatic carbocycles. The van der Waals surface area contributed by atoms with Gasteiger partial charge in [-0.2, -0.15) is 0 Å². The van der Waals surface area contributed by atoms with Gasteiger partial charge in [0.05, 0.1) is 6.04 Å². The van der Waals surface area contributed by atoms with Gasteiger partial charge in [-0.3, -0.25) is 9.69 Å². The lowest BCUT2D eigenvalue weighted by molar-refractivity contribution is -0.124. The molecular weight excluding hydrogens is 256 g/mol. The molecule has 19 heavy (non-hydrogen) atoms. The molecule has 1 fully saturated rings. The lowest BCUT2D eigenvalue weighted by Gasteiger charge is -2.25. The van der Waals surface area contributed by atoms with Crippen LogP contribution in [-0.2, 0) is 11.2 Å². The molecule has 2 unspecified atom stereocenters. The average Bonchev–Trinajstić information content (AvgIpc) is 3.04. The van der Waals surface area contributed by atoms with Crippen molar-refractivity contribution in [2.24, 2.45) is 0 Å². The van der Waals surface area contributed by atoms with E-state index >= 15 is 0 Å². The van der Waals surface area contributed by atoms with Gasteiger partial charge in [0.25, 0.3) is 0 Å². The Bertz CT molecular complexity index is 452. The van der Waals surface area contributed by atoms with Crippen molar-refractivity contribution in [1.82, 2.24) is 10.2 Å². The van der Waals surface area contributed by atoms with Gasteiger partial charge < -0.3 is 5.32 Å². The summed E-state index contributed by atoms with van der Waals surface area (Å²) in [7, 11) is 1.74. The molecule has 0 radical (unpaired) electrons. The molecule has 3 nitrogen and oxygen atoms in total. The van der Waals surface area contributed by atoms with E-state index in [1.807, 2.05) is 11.8 Å². The molecule has 2 atom stereocenters. The van der Waals surface area contributed by atoms with Gasteiger partial charge in [0.1, 0.15) is 0 Å². The third-order valence-electron chi connectivity index (χ3n) is 4.06. The normalized spacial score (nSPS) is 26.4. The predicted molar refractivity (Wildman–Crippen MR) is 78.5 cm³/mol. The smallest absolute Gasteiger partial charge is 0.237 e. The Kier molecular flexibility index (Phi) is 3.80. The van der Waals surface area contributed by atoms with Crippen molar-refractivity contribution in [1.29, 1.82) is 0 Å². The molecule has 102 valence electrons. The van der Waals surface area contributed by atoms with Crippen molar-refractivity contribution in [2.45, 2.75) is 35.4 Å². The summed E-state index contributed by atoms with van der Waals surface area (Å²) >= 11 is 1.97. The number of nitrogens with one attached hydrogen (secondary N) is 1. The zero-order valence-corrected chi connectivity index (χ0v) is 12.1. The minimum atomic E-state index is 0.0920. The molecule has 4 heteroatoms. The lowest BCUT2D eigenvalue weighted by atomic mass is 10.1. The summed E-state index contributed by atoms with van der Waals surface area (Å²) < 4.78 is 0. The molecule has 1 amide bonds. The van der Waals surface area contributed by atoms with Gasteiger partial charge in [-0.05, 0) is 37.4 Å². The van der Waals surface area contributed by atoms with Gasteiger partial charge in [-0.1, -0.05) is 18.2 Å². The number of likely N-dealkylation sites (tertiary alicyclic amines) is 1. The molecule has 3 rings (SSSR count). The van der Waals surface area contributed by atoms with E-state index in [1.54, 1.807) is 7.05 Å². The number of amides is 1. The van der Waals surface area contributed by atoms with E-state index in [1.165, 1.54) is 10.5 Å². The van der Waals surface area contributed by atoms with E-state index in [4.69, 9.17) is 0 Å². The van der Waals surface area contributed by atoms with Crippen molar-refractivity contribution in [2.75, 3.05) is 20.1 Å². The first kappa shape index (κ1) is 13.0. The molecule has 1 saturated heterocycles. The molecule has 2 aliphatic rings. The van der Waals surface area contributed by atoms with E-state index in [-0.39, 0.29) is 11.9 Å². The van der Waals surface area contributed by atoms with Crippen LogP contribution < -0.4 is 5.32 Å². The summed E-state index contributed by atoms with van der Waals surface area (Å²) in [5.74, 6) is 0.179. The highest BCUT2D eigenvalue weighted by atomic mass is 32.2. The molecule has 0 aromatic heterocycles. The number of likely N-dealkylation sites (N-methyl/N-ethyl adjacent to an activating group) is 1. The molecule has 2 aliphatic heterocycles. The van der Waals surface area contributed by atoms with Crippen molar-refractivity contribution in [3.8, 4) is 0 Å². The average molecular weight is 276 g/mol. The van der Waals surface area contributed by atoms with Crippen LogP contribution in [0.1, 0.15) is 18.4 Å². The highest BCUT2D eigenvalue weighted by molar-refractivity contribution is 8.00. The van der Waals surface area contributed by atoms with Gasteiger partial charge in [0.2, 0.25) is 5.91 Å². The first-order valence-electron chi connectivity index (χ1n) is 6.98. The van der Waals surface area contributed by atoms with Crippen molar-refractivity contribution >= 4 is 17.7 Å². The van der Waals surface area contributed by atoms with Crippen LogP contribution in [0, 0.1) is 0 Å². The van der Waals surface area contributed by atoms with Crippen molar-refractivity contribution in [3.05, 3.63) is 29.8 Å². The molecule has 0 bridgehead atoms. The number of carbonyl (C=O) groups excluding carboxylic acids is 1. The maximum atomic E-state index is 11.9. The second-order valence-corrected chi connectivity index (χ2v) is 6.66. The third-order valence-corrected chi connectivity index (χ3v) is 5.37. The van der Waals surface area contributed by atoms with E-state index < -0.39 is 0 Å². The third kappa shape index (κ3) is 2.65. The summed E-state index contributed by atoms with van der Waals surface area (Å²) in [5.41, 5.74) is 1.47. The fourth-order valence-electron chi connectivity index (χ4n) is 3.13. The summed E-state index contributed by atoms with van der Waals surface area (Å²) in [5, 5.41) is 3.39. The quantitative estimate of drug-likeness (QED) is 0.915. The minimum Gasteiger partial charge on any atom is -0.358 e. The van der Waals surface area contributed by atoms with E-state index in [0.29, 0.717) is 5.25 Å². The largest absolute Gasteiger partial charge is 0.358 e. The molecule has 1 N–H and O–H groups in total. The van der Waals surface area contributed by atoms with Gasteiger partial charge in [-0.25, -0.2) is 0 Å². The maximum absolute atomic E-state index is 11.9. The van der Waals surface area contributed by atoms with Gasteiger partial charge >= 0.3 is 0 Å². The fraction of sp³-hybridized carbons (Fsp3) is 0.533. The Morgan fingerprint density at radius 1 is 1.47 bits per heavy atom. The molecular formula is C15H20N2OS. The minimum absolute atomic E-state index is 0.0920. The predicted octanol–water partition coefficient (Wildman–Crippen LogP) is 1.91. The number of hydrogen-bond acceptors (Lipinski definition) is 3. The highest BCUT2D eigenvalue weighted by Crippen LogP contribution is 2.37. The summed E-state index contributed by atoms with van der Waals surface area (Å²) in [6.45, 7) is 2.09. The van der Waals surface area contributed by atoms with Gasteiger partial charge in [0.15, 0.2) is 0 Å². The van der Waals surface area contributed by atoms with Crippen LogP contribution in [0.25, 0.3) is 0 Å². The zero-order valence-electron chi connectivity index (χ0n) is 11.3. The van der Waals surface area contributed by atoms with Crippen LogP contribution in [0.5, 0.6) is 0 Å². The molecule has 0 spiro atoms. The Morgan fingerprint density at radius 3 is 3.11 bits per heavy atom. The molecule has 2 heterocycles. The zero-order chi connectivity index (χ0) is 13.2. The van der Waals surface area contributed by atoms with Crippen LogP contribution in [0.15, 0.2) is 29.2 Å². The summed E-state index contributed by atoms with van der Waals surface area (Å²) in [6, 6.07) is 8.75. The van der Waals surface area contributed by atoms with E-state index in [2.05, 4.69) is 34.5 Å². The molecule has 1 aromatic rings. The monoisotopic (exact) mass is 276 g/mol. The Balaban J connectivity index is 1.63. The highest BCUT2D eigenvalue weighted by Gasteiger charge is 2.33. The number of benzene rings is 1. The van der Waals surface area contributed by atoms with Crippen LogP contribution in [0.2, 0.25) is 0 Å². The fourth-order valence-corrected chi connectivity index (χ4v) is 4.47. The Morgan fingerprint density at radius 2 is 2.32 bits per heavy atom. The van der Waals surface area contributed by atoms with Crippen LogP contribution in [0.3, 0.4) is 0 Å². The van der Waals surface area contributed by atoms with E-state index in [9.17, 15) is 4.79 Å². The summed E-state index contributed by atoms with van der Waals surface area (Å²) in [4.78, 5) is 15.6. The lowest BCUT2D eigenvalue weighted by Crippen LogP contribution is -2.44. The van der Waals surface area contributed by atoms with Crippen LogP contribution >= 0.6 is 11.8 Å². The number of rotatable bonds is 3.